The average Bonchev–Trinajstić information content (AvgIpc) is 2.90. The molecule has 0 saturated heterocycles. The Labute approximate surface area is 232 Å². The predicted octanol–water partition coefficient (Wildman–Crippen LogP) is 7.32. The van der Waals surface area contributed by atoms with Crippen LogP contribution in [0.1, 0.15) is 31.8 Å². The molecule has 4 rings (SSSR count). The molecule has 0 atom stereocenters. The number of hydrogen-bond donors (Lipinski definition) is 1. The first kappa shape index (κ1) is 26.4. The van der Waals surface area contributed by atoms with Gasteiger partial charge >= 0.3 is 5.97 Å². The third-order valence-corrected chi connectivity index (χ3v) is 6.06. The van der Waals surface area contributed by atoms with Crippen molar-refractivity contribution in [3.8, 4) is 11.5 Å². The predicted molar refractivity (Wildman–Crippen MR) is 148 cm³/mol. The van der Waals surface area contributed by atoms with Crippen LogP contribution in [0.25, 0.3) is 0 Å². The molecule has 1 amide bonds. The SMILES string of the molecule is O=C(Oc1ccc(Br)cc1/C=N\NC(=O)c1ccccc1OCc1ccc(Cl)cc1)c1ccc(Cl)cc1. The normalized spacial score (nSPS) is 10.8. The second-order valence-corrected chi connectivity index (χ2v) is 9.48. The number of halogens is 3. The van der Waals surface area contributed by atoms with Gasteiger partial charge in [0.15, 0.2) is 0 Å². The van der Waals surface area contributed by atoms with E-state index in [1.807, 2.05) is 12.1 Å². The third-order valence-electron chi connectivity index (χ3n) is 5.06. The molecule has 0 aliphatic carbocycles. The largest absolute Gasteiger partial charge is 0.488 e. The van der Waals surface area contributed by atoms with Crippen LogP contribution in [0.15, 0.2) is 101 Å². The van der Waals surface area contributed by atoms with Crippen LogP contribution in [0, 0.1) is 0 Å². The van der Waals surface area contributed by atoms with E-state index in [1.165, 1.54) is 6.21 Å². The molecule has 0 heterocycles. The zero-order valence-corrected chi connectivity index (χ0v) is 22.3. The molecule has 4 aromatic carbocycles. The van der Waals surface area contributed by atoms with E-state index in [0.29, 0.717) is 32.5 Å². The fourth-order valence-electron chi connectivity index (χ4n) is 3.20. The summed E-state index contributed by atoms with van der Waals surface area (Å²) in [6.45, 7) is 0.269. The maximum Gasteiger partial charge on any atom is 0.343 e. The summed E-state index contributed by atoms with van der Waals surface area (Å²) in [7, 11) is 0. The highest BCUT2D eigenvalue weighted by Gasteiger charge is 2.14. The molecule has 1 N–H and O–H groups in total. The summed E-state index contributed by atoms with van der Waals surface area (Å²) in [5, 5.41) is 5.20. The molecule has 37 heavy (non-hydrogen) atoms. The second kappa shape index (κ2) is 12.5. The molecule has 0 aliphatic heterocycles. The van der Waals surface area contributed by atoms with Crippen molar-refractivity contribution in [3.05, 3.63) is 128 Å². The number of nitrogens with one attached hydrogen (secondary N) is 1. The number of nitrogens with zero attached hydrogens (tertiary/aromatic N) is 1. The minimum Gasteiger partial charge on any atom is -0.488 e. The summed E-state index contributed by atoms with van der Waals surface area (Å²) in [5.74, 6) is -0.333. The van der Waals surface area contributed by atoms with Gasteiger partial charge in [0.2, 0.25) is 0 Å². The summed E-state index contributed by atoms with van der Waals surface area (Å²) < 4.78 is 12.1. The number of carbonyl (C=O) groups is 2. The Kier molecular flexibility index (Phi) is 8.95. The van der Waals surface area contributed by atoms with Gasteiger partial charge in [-0.2, -0.15) is 5.10 Å². The molecule has 0 saturated carbocycles. The zero-order chi connectivity index (χ0) is 26.2. The molecule has 0 radical (unpaired) electrons. The van der Waals surface area contributed by atoms with E-state index in [9.17, 15) is 9.59 Å². The lowest BCUT2D eigenvalue weighted by molar-refractivity contribution is 0.0734. The standard InChI is InChI=1S/C28H19BrCl2N2O4/c29-21-9-14-25(37-28(35)19-7-12-23(31)13-8-19)20(15-21)16-32-33-27(34)24-3-1-2-4-26(24)36-17-18-5-10-22(30)11-6-18/h1-16H,17H2,(H,33,34)/b32-16-. The third kappa shape index (κ3) is 7.43. The Morgan fingerprint density at radius 2 is 1.54 bits per heavy atom. The number of carbonyl (C=O) groups excluding carboxylic acids is 2. The first-order valence-electron chi connectivity index (χ1n) is 11.0. The molecule has 0 bridgehead atoms. The number of para-hydroxylation sites is 1. The Hall–Kier alpha value is -3.65. The van der Waals surface area contributed by atoms with Gasteiger partial charge in [0.1, 0.15) is 18.1 Å². The molecule has 0 unspecified atom stereocenters. The van der Waals surface area contributed by atoms with Crippen molar-refractivity contribution >= 4 is 57.2 Å². The number of ether oxygens (including phenoxy) is 2. The van der Waals surface area contributed by atoms with E-state index in [0.717, 1.165) is 10.0 Å². The van der Waals surface area contributed by atoms with Crippen LogP contribution < -0.4 is 14.9 Å². The highest BCUT2D eigenvalue weighted by Crippen LogP contribution is 2.24. The van der Waals surface area contributed by atoms with Crippen molar-refractivity contribution in [2.75, 3.05) is 0 Å². The van der Waals surface area contributed by atoms with Crippen LogP contribution >= 0.6 is 39.1 Å². The number of hydrogen-bond acceptors (Lipinski definition) is 5. The molecular weight excluding hydrogens is 579 g/mol. The molecule has 4 aromatic rings. The van der Waals surface area contributed by atoms with Crippen LogP contribution in [0.2, 0.25) is 10.0 Å². The average molecular weight is 598 g/mol. The van der Waals surface area contributed by atoms with Crippen molar-refractivity contribution in [3.63, 3.8) is 0 Å². The lowest BCUT2D eigenvalue weighted by Crippen LogP contribution is -2.19. The number of esters is 1. The van der Waals surface area contributed by atoms with Crippen LogP contribution in [0.4, 0.5) is 0 Å². The Morgan fingerprint density at radius 1 is 0.865 bits per heavy atom. The van der Waals surface area contributed by atoms with Gasteiger partial charge in [-0.15, -0.1) is 0 Å². The van der Waals surface area contributed by atoms with E-state index in [4.69, 9.17) is 32.7 Å². The van der Waals surface area contributed by atoms with Crippen molar-refractivity contribution < 1.29 is 19.1 Å². The van der Waals surface area contributed by atoms with Gasteiger partial charge in [0, 0.05) is 20.1 Å². The smallest absolute Gasteiger partial charge is 0.343 e. The Balaban J connectivity index is 1.44. The highest BCUT2D eigenvalue weighted by atomic mass is 79.9. The van der Waals surface area contributed by atoms with Gasteiger partial charge in [0.25, 0.3) is 5.91 Å². The summed E-state index contributed by atoms with van der Waals surface area (Å²) in [5.41, 5.74) is 4.54. The Morgan fingerprint density at radius 3 is 2.27 bits per heavy atom. The summed E-state index contributed by atoms with van der Waals surface area (Å²) in [6.07, 6.45) is 1.39. The minimum atomic E-state index is -0.551. The van der Waals surface area contributed by atoms with Gasteiger partial charge in [-0.25, -0.2) is 10.2 Å². The van der Waals surface area contributed by atoms with Crippen molar-refractivity contribution in [1.29, 1.82) is 0 Å². The molecule has 0 spiro atoms. The van der Waals surface area contributed by atoms with E-state index >= 15 is 0 Å². The molecule has 9 heteroatoms. The quantitative estimate of drug-likeness (QED) is 0.0999. The zero-order valence-electron chi connectivity index (χ0n) is 19.2. The van der Waals surface area contributed by atoms with Gasteiger partial charge in [-0.1, -0.05) is 63.4 Å². The topological polar surface area (TPSA) is 77.0 Å². The maximum absolute atomic E-state index is 12.8. The van der Waals surface area contributed by atoms with E-state index in [1.54, 1.807) is 78.9 Å². The molecule has 0 fully saturated rings. The van der Waals surface area contributed by atoms with Crippen LogP contribution in [-0.2, 0) is 6.61 Å². The number of amides is 1. The highest BCUT2D eigenvalue weighted by molar-refractivity contribution is 9.10. The minimum absolute atomic E-state index is 0.269. The number of benzene rings is 4. The van der Waals surface area contributed by atoms with Gasteiger partial charge < -0.3 is 9.47 Å². The maximum atomic E-state index is 12.8. The van der Waals surface area contributed by atoms with Gasteiger partial charge in [-0.05, 0) is 72.3 Å². The Bertz CT molecular complexity index is 1440. The first-order chi connectivity index (χ1) is 17.9. The van der Waals surface area contributed by atoms with E-state index in [2.05, 4.69) is 26.5 Å². The van der Waals surface area contributed by atoms with Gasteiger partial charge in [-0.3, -0.25) is 4.79 Å². The lowest BCUT2D eigenvalue weighted by atomic mass is 10.2. The molecule has 0 aliphatic rings. The van der Waals surface area contributed by atoms with Crippen LogP contribution in [-0.4, -0.2) is 18.1 Å². The number of hydrazone groups is 1. The van der Waals surface area contributed by atoms with Crippen molar-refractivity contribution in [2.45, 2.75) is 6.61 Å². The van der Waals surface area contributed by atoms with E-state index < -0.39 is 11.9 Å². The summed E-state index contributed by atoms with van der Waals surface area (Å²) >= 11 is 15.2. The molecular formula is C28H19BrCl2N2O4. The summed E-state index contributed by atoms with van der Waals surface area (Å²) in [6, 6.07) is 25.5. The van der Waals surface area contributed by atoms with Crippen LogP contribution in [0.5, 0.6) is 11.5 Å². The lowest BCUT2D eigenvalue weighted by Gasteiger charge is -2.11. The fourth-order valence-corrected chi connectivity index (χ4v) is 3.83. The van der Waals surface area contributed by atoms with Crippen molar-refractivity contribution in [2.24, 2.45) is 5.10 Å². The second-order valence-electron chi connectivity index (χ2n) is 7.69. The van der Waals surface area contributed by atoms with Crippen molar-refractivity contribution in [1.82, 2.24) is 5.43 Å². The molecule has 186 valence electrons. The van der Waals surface area contributed by atoms with E-state index in [-0.39, 0.29) is 12.4 Å². The molecule has 0 aromatic heterocycles. The number of rotatable bonds is 8. The monoisotopic (exact) mass is 596 g/mol. The molecule has 6 nitrogen and oxygen atoms in total. The van der Waals surface area contributed by atoms with Crippen LogP contribution in [0.3, 0.4) is 0 Å². The fraction of sp³-hybridized carbons (Fsp3) is 0.0357. The summed E-state index contributed by atoms with van der Waals surface area (Å²) in [4.78, 5) is 25.4. The van der Waals surface area contributed by atoms with Gasteiger partial charge in [0.05, 0.1) is 17.3 Å². The first-order valence-corrected chi connectivity index (χ1v) is 12.5.